The van der Waals surface area contributed by atoms with Gasteiger partial charge in [-0.2, -0.15) is 13.2 Å². The molecule has 0 aromatic carbocycles. The number of nitrogens with two attached hydrogens (primary N) is 1. The van der Waals surface area contributed by atoms with Crippen LogP contribution in [-0.4, -0.2) is 81.0 Å². The van der Waals surface area contributed by atoms with Gasteiger partial charge in [-0.25, -0.2) is 9.78 Å². The maximum Gasteiger partial charge on any atom is 0.424 e. The molecule has 0 radical (unpaired) electrons. The van der Waals surface area contributed by atoms with Crippen LogP contribution in [0.5, 0.6) is 0 Å². The normalized spacial score (nSPS) is 17.7. The van der Waals surface area contributed by atoms with Gasteiger partial charge in [-0.3, -0.25) is 4.99 Å². The number of aliphatic imine (C=N–C) groups is 1. The fourth-order valence-electron chi connectivity index (χ4n) is 3.02. The van der Waals surface area contributed by atoms with Crippen molar-refractivity contribution in [2.45, 2.75) is 44.6 Å². The molecule has 1 aromatic heterocycles. The predicted octanol–water partition coefficient (Wildman–Crippen LogP) is 2.05. The average molecular weight is 562 g/mol. The van der Waals surface area contributed by atoms with E-state index in [9.17, 15) is 23.1 Å². The molecule has 1 amide bonds. The molecule has 1 aromatic rings. The monoisotopic (exact) mass is 562 g/mol. The third-order valence-electron chi connectivity index (χ3n) is 4.66. The molecule has 13 heteroatoms. The van der Waals surface area contributed by atoms with Crippen molar-refractivity contribution in [1.82, 2.24) is 19.4 Å². The van der Waals surface area contributed by atoms with E-state index in [1.165, 1.54) is 19.4 Å². The van der Waals surface area contributed by atoms with E-state index in [0.717, 1.165) is 4.57 Å². The highest BCUT2D eigenvalue weighted by Crippen LogP contribution is 2.40. The Morgan fingerprint density at radius 1 is 1.23 bits per heavy atom. The number of amides is 1. The molecular formula is C18H30F3IN6O3. The Morgan fingerprint density at radius 3 is 2.23 bits per heavy atom. The van der Waals surface area contributed by atoms with Gasteiger partial charge in [0.05, 0.1) is 0 Å². The molecule has 2 rings (SSSR count). The molecule has 1 saturated heterocycles. The van der Waals surface area contributed by atoms with Gasteiger partial charge in [-0.15, -0.1) is 24.0 Å². The lowest BCUT2D eigenvalue weighted by Crippen LogP contribution is -2.53. The molecule has 0 spiro atoms. The predicted molar refractivity (Wildman–Crippen MR) is 119 cm³/mol. The minimum atomic E-state index is -4.92. The number of aryl methyl sites for hydroxylation is 1. The molecule has 0 aliphatic carbocycles. The molecule has 9 nitrogen and oxygen atoms in total. The largest absolute Gasteiger partial charge is 0.444 e. The molecule has 0 bridgehead atoms. The van der Waals surface area contributed by atoms with E-state index in [2.05, 4.69) is 9.98 Å². The standard InChI is InChI=1S/C18H29F3N6O3.HI/c1-16(2,3)30-15(28)27-11-9-26(10-12-27)14(22)24-6-5-17(29,18(19,20)21)13-23-7-8-25(13)4;/h7-8,29H,5-6,9-12H2,1-4H3,(H2,22,24);1H. The maximum atomic E-state index is 13.5. The SMILES string of the molecule is Cn1ccnc1C(O)(CCN=C(N)N1CCN(C(=O)OC(C)(C)C)CC1)C(F)(F)F.I. The molecular weight excluding hydrogens is 532 g/mol. The number of hydrogen-bond donors (Lipinski definition) is 2. The number of carbonyl (C=O) groups is 1. The summed E-state index contributed by atoms with van der Waals surface area (Å²) in [4.78, 5) is 23.0. The molecule has 1 aliphatic rings. The van der Waals surface area contributed by atoms with Crippen molar-refractivity contribution in [2.24, 2.45) is 17.8 Å². The van der Waals surface area contributed by atoms with Gasteiger partial charge >= 0.3 is 12.3 Å². The van der Waals surface area contributed by atoms with E-state index < -0.39 is 35.7 Å². The van der Waals surface area contributed by atoms with Gasteiger partial charge in [-0.1, -0.05) is 0 Å². The number of aromatic nitrogens is 2. The molecule has 3 N–H and O–H groups in total. The summed E-state index contributed by atoms with van der Waals surface area (Å²) < 4.78 is 47.0. The number of rotatable bonds is 4. The molecule has 0 saturated carbocycles. The fourth-order valence-corrected chi connectivity index (χ4v) is 3.02. The molecule has 1 aliphatic heterocycles. The van der Waals surface area contributed by atoms with Crippen LogP contribution in [-0.2, 0) is 17.4 Å². The fraction of sp³-hybridized carbons (Fsp3) is 0.722. The van der Waals surface area contributed by atoms with Crippen LogP contribution in [0.1, 0.15) is 33.0 Å². The van der Waals surface area contributed by atoms with Gasteiger partial charge < -0.3 is 29.9 Å². The number of imidazole rings is 1. The van der Waals surface area contributed by atoms with Crippen molar-refractivity contribution < 1.29 is 27.8 Å². The summed E-state index contributed by atoms with van der Waals surface area (Å²) in [5, 5.41) is 10.3. The number of piperazine rings is 1. The Hall–Kier alpha value is -1.77. The summed E-state index contributed by atoms with van der Waals surface area (Å²) in [6.07, 6.45) is -3.56. The van der Waals surface area contributed by atoms with Crippen molar-refractivity contribution in [3.63, 3.8) is 0 Å². The van der Waals surface area contributed by atoms with Gasteiger partial charge in [0.25, 0.3) is 0 Å². The summed E-state index contributed by atoms with van der Waals surface area (Å²) in [5.41, 5.74) is 2.18. The van der Waals surface area contributed by atoms with Crippen molar-refractivity contribution in [3.8, 4) is 0 Å². The van der Waals surface area contributed by atoms with Crippen LogP contribution in [0.3, 0.4) is 0 Å². The minimum Gasteiger partial charge on any atom is -0.444 e. The molecule has 2 heterocycles. The zero-order chi connectivity index (χ0) is 22.7. The Labute approximate surface area is 196 Å². The van der Waals surface area contributed by atoms with Crippen molar-refractivity contribution in [2.75, 3.05) is 32.7 Å². The number of aliphatic hydroxyl groups is 1. The van der Waals surface area contributed by atoms with Crippen LogP contribution >= 0.6 is 24.0 Å². The van der Waals surface area contributed by atoms with E-state index in [-0.39, 0.29) is 36.5 Å². The Morgan fingerprint density at radius 2 is 1.77 bits per heavy atom. The Bertz CT molecular complexity index is 772. The first-order valence-electron chi connectivity index (χ1n) is 9.54. The molecule has 1 unspecified atom stereocenters. The summed E-state index contributed by atoms with van der Waals surface area (Å²) >= 11 is 0. The van der Waals surface area contributed by atoms with Gasteiger partial charge in [-0.05, 0) is 20.8 Å². The number of alkyl halides is 3. The molecule has 178 valence electrons. The van der Waals surface area contributed by atoms with Gasteiger partial charge in [0.2, 0.25) is 5.60 Å². The zero-order valence-corrected chi connectivity index (χ0v) is 20.3. The number of halogens is 4. The minimum absolute atomic E-state index is 0. The summed E-state index contributed by atoms with van der Waals surface area (Å²) in [7, 11) is 1.38. The lowest BCUT2D eigenvalue weighted by atomic mass is 9.98. The second-order valence-electron chi connectivity index (χ2n) is 8.16. The topological polar surface area (TPSA) is 109 Å². The second kappa shape index (κ2) is 10.2. The lowest BCUT2D eigenvalue weighted by molar-refractivity contribution is -0.272. The Balaban J connectivity index is 0.00000480. The van der Waals surface area contributed by atoms with Gasteiger partial charge in [0.1, 0.15) is 11.4 Å². The van der Waals surface area contributed by atoms with E-state index in [1.807, 2.05) is 0 Å². The number of ether oxygens (including phenoxy) is 1. The van der Waals surface area contributed by atoms with Crippen LogP contribution in [0.25, 0.3) is 0 Å². The van der Waals surface area contributed by atoms with Gasteiger partial charge in [0, 0.05) is 58.6 Å². The summed E-state index contributed by atoms with van der Waals surface area (Å²) in [5.74, 6) is -0.446. The lowest BCUT2D eigenvalue weighted by Gasteiger charge is -2.36. The van der Waals surface area contributed by atoms with Crippen LogP contribution in [0.4, 0.5) is 18.0 Å². The highest BCUT2D eigenvalue weighted by molar-refractivity contribution is 14.0. The number of hydrogen-bond acceptors (Lipinski definition) is 5. The highest BCUT2D eigenvalue weighted by atomic mass is 127. The molecule has 1 fully saturated rings. The number of carbonyl (C=O) groups excluding carboxylic acids is 1. The number of guanidine groups is 1. The summed E-state index contributed by atoms with van der Waals surface area (Å²) in [6, 6.07) is 0. The summed E-state index contributed by atoms with van der Waals surface area (Å²) in [6.45, 7) is 6.43. The van der Waals surface area contributed by atoms with Crippen molar-refractivity contribution in [3.05, 3.63) is 18.2 Å². The first-order chi connectivity index (χ1) is 13.7. The van der Waals surface area contributed by atoms with E-state index >= 15 is 0 Å². The van der Waals surface area contributed by atoms with Crippen molar-refractivity contribution >= 4 is 36.0 Å². The van der Waals surface area contributed by atoms with Crippen molar-refractivity contribution in [1.29, 1.82) is 0 Å². The molecule has 1 atom stereocenters. The quantitative estimate of drug-likeness (QED) is 0.331. The van der Waals surface area contributed by atoms with Gasteiger partial charge in [0.15, 0.2) is 5.96 Å². The second-order valence-corrected chi connectivity index (χ2v) is 8.16. The molecule has 31 heavy (non-hydrogen) atoms. The first kappa shape index (κ1) is 27.3. The Kier molecular flexibility index (Phi) is 9.00. The third-order valence-corrected chi connectivity index (χ3v) is 4.66. The number of nitrogens with zero attached hydrogens (tertiary/aromatic N) is 5. The van der Waals surface area contributed by atoms with E-state index in [0.29, 0.717) is 26.2 Å². The highest BCUT2D eigenvalue weighted by Gasteiger charge is 2.57. The van der Waals surface area contributed by atoms with Crippen LogP contribution in [0.15, 0.2) is 17.4 Å². The van der Waals surface area contributed by atoms with E-state index in [1.54, 1.807) is 30.6 Å². The smallest absolute Gasteiger partial charge is 0.424 e. The maximum absolute atomic E-state index is 13.5. The van der Waals surface area contributed by atoms with E-state index in [4.69, 9.17) is 10.5 Å². The first-order valence-corrected chi connectivity index (χ1v) is 9.54. The average Bonchev–Trinajstić information content (AvgIpc) is 3.05. The van der Waals surface area contributed by atoms with Crippen LogP contribution < -0.4 is 5.73 Å². The van der Waals surface area contributed by atoms with Crippen LogP contribution in [0.2, 0.25) is 0 Å². The third kappa shape index (κ3) is 6.85. The van der Waals surface area contributed by atoms with Crippen LogP contribution in [0, 0.1) is 0 Å². The zero-order valence-electron chi connectivity index (χ0n) is 18.0.